The fraction of sp³-hybridized carbons (Fsp3) is 0.292. The molecule has 9 heteroatoms. The number of H-pyrrole nitrogens is 1. The molecule has 2 aromatic heterocycles. The summed E-state index contributed by atoms with van der Waals surface area (Å²) in [6, 6.07) is 19.5. The number of nitrogens with zero attached hydrogens (tertiary/aromatic N) is 3. The van der Waals surface area contributed by atoms with E-state index >= 15 is 0 Å². The fourth-order valence-corrected chi connectivity index (χ4v) is 3.96. The molecule has 0 spiro atoms. The molecule has 1 aliphatic rings. The van der Waals surface area contributed by atoms with E-state index in [0.717, 1.165) is 11.1 Å². The van der Waals surface area contributed by atoms with Crippen molar-refractivity contribution in [2.45, 2.75) is 37.8 Å². The molecule has 2 aromatic carbocycles. The van der Waals surface area contributed by atoms with Crippen molar-refractivity contribution >= 4 is 11.0 Å². The van der Waals surface area contributed by atoms with Crippen molar-refractivity contribution in [2.75, 3.05) is 6.61 Å². The molecule has 0 aliphatic carbocycles. The second-order valence-corrected chi connectivity index (χ2v) is 7.88. The minimum Gasteiger partial charge on any atom is -0.385 e. The highest BCUT2D eigenvalue weighted by Crippen LogP contribution is 2.33. The molecule has 0 amide bonds. The Morgan fingerprint density at radius 1 is 1.03 bits per heavy atom. The Hall–Kier alpha value is -3.37. The molecule has 0 saturated carbocycles. The molecule has 1 fully saturated rings. The Bertz CT molecular complexity index is 1240. The van der Waals surface area contributed by atoms with Crippen molar-refractivity contribution < 1.29 is 19.3 Å². The summed E-state index contributed by atoms with van der Waals surface area (Å²) in [7, 11) is 0. The summed E-state index contributed by atoms with van der Waals surface area (Å²) in [5, 5.41) is 15.7. The van der Waals surface area contributed by atoms with Crippen LogP contribution in [0.3, 0.4) is 0 Å². The molecule has 3 heterocycles. The zero-order valence-electron chi connectivity index (χ0n) is 17.8. The molecule has 9 nitrogen and oxygen atoms in total. The van der Waals surface area contributed by atoms with Gasteiger partial charge in [0.1, 0.15) is 23.7 Å². The standard InChI is InChI=1S/C24H24N4O5/c29-20-21(32-13-17-9-5-2-6-10-17)19(14-31-12-16-7-3-1-4-8-16)33-24(20)28-22-18(11-27-28)23(30)26-15-25-22/h1-11,15,19-21,24,29H,12-14H2,(H,25,26,30)/t19-,20-,21-,24-/m1/s1. The molecule has 5 rings (SSSR count). The van der Waals surface area contributed by atoms with Crippen LogP contribution in [0, 0.1) is 0 Å². The number of ether oxygens (including phenoxy) is 3. The average molecular weight is 448 g/mol. The largest absolute Gasteiger partial charge is 0.385 e. The number of aromatic amines is 1. The van der Waals surface area contributed by atoms with E-state index in [0.29, 0.717) is 24.2 Å². The van der Waals surface area contributed by atoms with Gasteiger partial charge in [0.05, 0.1) is 32.3 Å². The summed E-state index contributed by atoms with van der Waals surface area (Å²) in [6.45, 7) is 0.940. The molecule has 2 N–H and O–H groups in total. The van der Waals surface area contributed by atoms with E-state index in [1.165, 1.54) is 17.2 Å². The SMILES string of the molecule is O=c1[nH]cnc2c1cnn2[C@@H]1O[C@H](COCc2ccccc2)[C@@H](OCc2ccccc2)[C@H]1O. The minimum atomic E-state index is -1.04. The molecule has 33 heavy (non-hydrogen) atoms. The van der Waals surface area contributed by atoms with Crippen molar-refractivity contribution in [1.29, 1.82) is 0 Å². The third-order valence-electron chi connectivity index (χ3n) is 5.63. The van der Waals surface area contributed by atoms with Gasteiger partial charge in [0, 0.05) is 0 Å². The third kappa shape index (κ3) is 4.57. The smallest absolute Gasteiger partial charge is 0.261 e. The molecule has 0 bridgehead atoms. The van der Waals surface area contributed by atoms with Crippen LogP contribution in [0.2, 0.25) is 0 Å². The van der Waals surface area contributed by atoms with E-state index < -0.39 is 24.5 Å². The van der Waals surface area contributed by atoms with Gasteiger partial charge in [0.25, 0.3) is 5.56 Å². The Kier molecular flexibility index (Phi) is 6.27. The maximum atomic E-state index is 12.1. The second kappa shape index (κ2) is 9.63. The molecule has 1 saturated heterocycles. The molecular weight excluding hydrogens is 424 g/mol. The Labute approximate surface area is 189 Å². The van der Waals surface area contributed by atoms with Crippen LogP contribution in [0.15, 0.2) is 78.0 Å². The van der Waals surface area contributed by atoms with Crippen molar-refractivity contribution in [2.24, 2.45) is 0 Å². The summed E-state index contributed by atoms with van der Waals surface area (Å²) >= 11 is 0. The van der Waals surface area contributed by atoms with E-state index in [4.69, 9.17) is 14.2 Å². The predicted octanol–water partition coefficient (Wildman–Crippen LogP) is 2.18. The number of hydrogen-bond donors (Lipinski definition) is 2. The van der Waals surface area contributed by atoms with Crippen LogP contribution < -0.4 is 5.56 Å². The summed E-state index contributed by atoms with van der Waals surface area (Å²) in [6.07, 6.45) is -0.401. The van der Waals surface area contributed by atoms with Gasteiger partial charge in [-0.2, -0.15) is 5.10 Å². The van der Waals surface area contributed by atoms with E-state index in [1.54, 1.807) is 0 Å². The molecular formula is C24H24N4O5. The number of fused-ring (bicyclic) bond motifs is 1. The van der Waals surface area contributed by atoms with Gasteiger partial charge in [0.15, 0.2) is 11.9 Å². The van der Waals surface area contributed by atoms with E-state index in [2.05, 4.69) is 15.1 Å². The van der Waals surface area contributed by atoms with Gasteiger partial charge in [-0.15, -0.1) is 0 Å². The highest BCUT2D eigenvalue weighted by atomic mass is 16.6. The van der Waals surface area contributed by atoms with Gasteiger partial charge in [-0.3, -0.25) is 4.79 Å². The number of hydrogen-bond acceptors (Lipinski definition) is 7. The highest BCUT2D eigenvalue weighted by Gasteiger charge is 2.46. The lowest BCUT2D eigenvalue weighted by Gasteiger charge is -2.21. The second-order valence-electron chi connectivity index (χ2n) is 7.88. The summed E-state index contributed by atoms with van der Waals surface area (Å²) in [4.78, 5) is 18.8. The number of rotatable bonds is 8. The monoisotopic (exact) mass is 448 g/mol. The summed E-state index contributed by atoms with van der Waals surface area (Å²) < 4.78 is 19.6. The highest BCUT2D eigenvalue weighted by molar-refractivity contribution is 5.72. The molecule has 0 radical (unpaired) electrons. The lowest BCUT2D eigenvalue weighted by molar-refractivity contribution is -0.0838. The molecule has 1 aliphatic heterocycles. The van der Waals surface area contributed by atoms with Crippen LogP contribution in [0.1, 0.15) is 17.4 Å². The Morgan fingerprint density at radius 2 is 1.73 bits per heavy atom. The number of aliphatic hydroxyl groups is 1. The summed E-state index contributed by atoms with van der Waals surface area (Å²) in [5.74, 6) is 0. The molecule has 4 atom stereocenters. The third-order valence-corrected chi connectivity index (χ3v) is 5.63. The van der Waals surface area contributed by atoms with Crippen LogP contribution in [-0.4, -0.2) is 49.8 Å². The lowest BCUT2D eigenvalue weighted by atomic mass is 10.1. The fourth-order valence-electron chi connectivity index (χ4n) is 3.96. The van der Waals surface area contributed by atoms with E-state index in [1.807, 2.05) is 60.7 Å². The normalized spacial score (nSPS) is 22.7. The van der Waals surface area contributed by atoms with Crippen LogP contribution in [0.25, 0.3) is 11.0 Å². The Balaban J connectivity index is 1.35. The zero-order chi connectivity index (χ0) is 22.6. The van der Waals surface area contributed by atoms with Crippen molar-refractivity contribution in [1.82, 2.24) is 19.7 Å². The number of nitrogens with one attached hydrogen (secondary N) is 1. The molecule has 0 unspecified atom stereocenters. The number of benzene rings is 2. The van der Waals surface area contributed by atoms with Crippen LogP contribution in [0.5, 0.6) is 0 Å². The first-order valence-corrected chi connectivity index (χ1v) is 10.7. The van der Waals surface area contributed by atoms with Crippen molar-refractivity contribution in [3.8, 4) is 0 Å². The van der Waals surface area contributed by atoms with Crippen LogP contribution in [0.4, 0.5) is 0 Å². The van der Waals surface area contributed by atoms with E-state index in [9.17, 15) is 9.90 Å². The summed E-state index contributed by atoms with van der Waals surface area (Å²) in [5.41, 5.74) is 2.04. The quantitative estimate of drug-likeness (QED) is 0.425. The van der Waals surface area contributed by atoms with Gasteiger partial charge in [-0.05, 0) is 11.1 Å². The van der Waals surface area contributed by atoms with Gasteiger partial charge in [0.2, 0.25) is 0 Å². The predicted molar refractivity (Wildman–Crippen MR) is 119 cm³/mol. The van der Waals surface area contributed by atoms with Gasteiger partial charge in [-0.25, -0.2) is 9.67 Å². The maximum absolute atomic E-state index is 12.1. The van der Waals surface area contributed by atoms with Gasteiger partial charge in [-0.1, -0.05) is 60.7 Å². The first kappa shape index (κ1) is 21.5. The zero-order valence-corrected chi connectivity index (χ0v) is 17.8. The molecule has 4 aromatic rings. The minimum absolute atomic E-state index is 0.217. The topological polar surface area (TPSA) is 111 Å². The van der Waals surface area contributed by atoms with Gasteiger partial charge < -0.3 is 24.3 Å². The first-order chi connectivity index (χ1) is 16.2. The maximum Gasteiger partial charge on any atom is 0.261 e. The van der Waals surface area contributed by atoms with E-state index in [-0.39, 0.29) is 12.2 Å². The first-order valence-electron chi connectivity index (χ1n) is 10.7. The molecule has 170 valence electrons. The van der Waals surface area contributed by atoms with Crippen LogP contribution in [-0.2, 0) is 27.4 Å². The lowest BCUT2D eigenvalue weighted by Crippen LogP contribution is -2.36. The number of aliphatic hydroxyl groups excluding tert-OH is 1. The van der Waals surface area contributed by atoms with Crippen LogP contribution >= 0.6 is 0 Å². The average Bonchev–Trinajstić information content (AvgIpc) is 3.41. The van der Waals surface area contributed by atoms with Crippen molar-refractivity contribution in [3.05, 3.63) is 94.7 Å². The number of aromatic nitrogens is 4. The van der Waals surface area contributed by atoms with Crippen molar-refractivity contribution in [3.63, 3.8) is 0 Å². The van der Waals surface area contributed by atoms with Gasteiger partial charge >= 0.3 is 0 Å². The Morgan fingerprint density at radius 3 is 2.45 bits per heavy atom.